The zero-order chi connectivity index (χ0) is 20.4. The summed E-state index contributed by atoms with van der Waals surface area (Å²) in [5.41, 5.74) is 1.32. The molecule has 0 aromatic heterocycles. The highest BCUT2D eigenvalue weighted by Gasteiger charge is 2.13. The third-order valence-corrected chi connectivity index (χ3v) is 3.47. The molecule has 0 saturated heterocycles. The lowest BCUT2D eigenvalue weighted by molar-refractivity contribution is -0.142. The van der Waals surface area contributed by atoms with Crippen molar-refractivity contribution >= 4 is 23.6 Å². The molecule has 140 valence electrons. The van der Waals surface area contributed by atoms with E-state index in [0.29, 0.717) is 29.2 Å². The third-order valence-electron chi connectivity index (χ3n) is 3.47. The summed E-state index contributed by atoms with van der Waals surface area (Å²) in [7, 11) is 0. The van der Waals surface area contributed by atoms with E-state index in [1.807, 2.05) is 13.0 Å². The molecule has 0 unspecified atom stereocenters. The van der Waals surface area contributed by atoms with Gasteiger partial charge in [-0.15, -0.1) is 0 Å². The summed E-state index contributed by atoms with van der Waals surface area (Å²) in [6.45, 7) is 1.87. The molecule has 7 heteroatoms. The van der Waals surface area contributed by atoms with Gasteiger partial charge in [-0.3, -0.25) is 4.79 Å². The molecule has 0 heterocycles. The molecule has 0 aliphatic rings. The van der Waals surface area contributed by atoms with Gasteiger partial charge in [0.1, 0.15) is 17.4 Å². The Bertz CT molecular complexity index is 949. The molecule has 7 nitrogen and oxygen atoms in total. The summed E-state index contributed by atoms with van der Waals surface area (Å²) in [6.07, 6.45) is 1.37. The van der Waals surface area contributed by atoms with Crippen molar-refractivity contribution in [3.63, 3.8) is 0 Å². The lowest BCUT2D eigenvalue weighted by atomic mass is 10.1. The number of nitriles is 2. The molecule has 1 N–H and O–H groups in total. The second-order valence-electron chi connectivity index (χ2n) is 5.49. The number of hydrogen-bond donors (Lipinski definition) is 1. The fourth-order valence-electron chi connectivity index (χ4n) is 2.16. The van der Waals surface area contributed by atoms with Crippen molar-refractivity contribution in [2.24, 2.45) is 0 Å². The maximum absolute atomic E-state index is 12.0. The Kier molecular flexibility index (Phi) is 7.33. The Morgan fingerprint density at radius 1 is 1.07 bits per heavy atom. The first-order valence-electron chi connectivity index (χ1n) is 8.37. The number of nitrogens with zero attached hydrogens (tertiary/aromatic N) is 2. The van der Waals surface area contributed by atoms with Crippen LogP contribution < -0.4 is 10.1 Å². The zero-order valence-electron chi connectivity index (χ0n) is 15.1. The van der Waals surface area contributed by atoms with Crippen LogP contribution in [-0.2, 0) is 14.3 Å². The van der Waals surface area contributed by atoms with Crippen LogP contribution in [0, 0.1) is 22.7 Å². The molecule has 0 spiro atoms. The molecule has 0 fully saturated rings. The highest BCUT2D eigenvalue weighted by Crippen LogP contribution is 2.15. The van der Waals surface area contributed by atoms with E-state index in [2.05, 4.69) is 5.32 Å². The molecular weight excluding hydrogens is 358 g/mol. The second-order valence-corrected chi connectivity index (χ2v) is 5.49. The molecule has 0 radical (unpaired) electrons. The molecular formula is C21H17N3O4. The lowest BCUT2D eigenvalue weighted by Gasteiger charge is -2.06. The minimum absolute atomic E-state index is 0.227. The van der Waals surface area contributed by atoms with Gasteiger partial charge in [0.05, 0.1) is 18.2 Å². The number of benzene rings is 2. The predicted octanol–water partition coefficient (Wildman–Crippen LogP) is 3.05. The summed E-state index contributed by atoms with van der Waals surface area (Å²) >= 11 is 0. The van der Waals surface area contributed by atoms with Gasteiger partial charge in [0.15, 0.2) is 6.61 Å². The number of hydrogen-bond acceptors (Lipinski definition) is 6. The highest BCUT2D eigenvalue weighted by molar-refractivity contribution is 6.00. The van der Waals surface area contributed by atoms with E-state index in [1.54, 1.807) is 54.6 Å². The van der Waals surface area contributed by atoms with Crippen LogP contribution in [0.15, 0.2) is 54.1 Å². The number of ether oxygens (including phenoxy) is 2. The Hall–Kier alpha value is -4.10. The number of carbonyl (C=O) groups is 2. The molecule has 0 bridgehead atoms. The van der Waals surface area contributed by atoms with Gasteiger partial charge in [0, 0.05) is 5.69 Å². The summed E-state index contributed by atoms with van der Waals surface area (Å²) in [6, 6.07) is 16.8. The number of carbonyl (C=O) groups excluding carboxylic acids is 2. The Morgan fingerprint density at radius 2 is 1.75 bits per heavy atom. The van der Waals surface area contributed by atoms with E-state index in [0.717, 1.165) is 0 Å². The topological polar surface area (TPSA) is 112 Å². The van der Waals surface area contributed by atoms with Crippen LogP contribution in [0.1, 0.15) is 18.1 Å². The molecule has 2 aromatic rings. The molecule has 28 heavy (non-hydrogen) atoms. The third kappa shape index (κ3) is 6.01. The SMILES string of the molecule is CCOc1ccc(/C=C(\C#N)C(=O)OCC(=O)Nc2ccc(C#N)cc2)cc1. The normalized spacial score (nSPS) is 10.3. The molecule has 0 aliphatic heterocycles. The first kappa shape index (κ1) is 20.2. The molecule has 1 amide bonds. The number of rotatable bonds is 7. The van der Waals surface area contributed by atoms with Gasteiger partial charge in [0.25, 0.3) is 5.91 Å². The van der Waals surface area contributed by atoms with Gasteiger partial charge in [-0.05, 0) is 55.0 Å². The minimum Gasteiger partial charge on any atom is -0.494 e. The summed E-state index contributed by atoms with van der Waals surface area (Å²) in [5.74, 6) is -0.775. The van der Waals surface area contributed by atoms with Crippen LogP contribution in [-0.4, -0.2) is 25.1 Å². The predicted molar refractivity (Wildman–Crippen MR) is 102 cm³/mol. The van der Waals surface area contributed by atoms with Crippen molar-refractivity contribution in [2.75, 3.05) is 18.5 Å². The fourth-order valence-corrected chi connectivity index (χ4v) is 2.16. The molecule has 0 aliphatic carbocycles. The molecule has 2 aromatic carbocycles. The average molecular weight is 375 g/mol. The smallest absolute Gasteiger partial charge is 0.349 e. The minimum atomic E-state index is -0.897. The Labute approximate surface area is 162 Å². The largest absolute Gasteiger partial charge is 0.494 e. The van der Waals surface area contributed by atoms with E-state index >= 15 is 0 Å². The highest BCUT2D eigenvalue weighted by atomic mass is 16.5. The number of amides is 1. The summed E-state index contributed by atoms with van der Waals surface area (Å²) < 4.78 is 10.2. The van der Waals surface area contributed by atoms with Crippen molar-refractivity contribution in [3.05, 3.63) is 65.2 Å². The summed E-state index contributed by atoms with van der Waals surface area (Å²) in [4.78, 5) is 23.9. The Morgan fingerprint density at radius 3 is 2.32 bits per heavy atom. The van der Waals surface area contributed by atoms with Crippen LogP contribution in [0.2, 0.25) is 0 Å². The van der Waals surface area contributed by atoms with Crippen LogP contribution >= 0.6 is 0 Å². The fraction of sp³-hybridized carbons (Fsp3) is 0.143. The van der Waals surface area contributed by atoms with Gasteiger partial charge in [-0.1, -0.05) is 12.1 Å². The van der Waals surface area contributed by atoms with Gasteiger partial charge >= 0.3 is 5.97 Å². The number of anilines is 1. The van der Waals surface area contributed by atoms with Gasteiger partial charge in [0.2, 0.25) is 0 Å². The Balaban J connectivity index is 1.92. The van der Waals surface area contributed by atoms with Crippen molar-refractivity contribution in [1.29, 1.82) is 10.5 Å². The standard InChI is InChI=1S/C21H17N3O4/c1-2-27-19-9-5-15(6-10-19)11-17(13-23)21(26)28-14-20(25)24-18-7-3-16(12-22)4-8-18/h3-11H,2,14H2,1H3,(H,24,25)/b17-11+. The monoisotopic (exact) mass is 375 g/mol. The van der Waals surface area contributed by atoms with Crippen molar-refractivity contribution in [1.82, 2.24) is 0 Å². The van der Waals surface area contributed by atoms with Crippen LogP contribution in [0.4, 0.5) is 5.69 Å². The van der Waals surface area contributed by atoms with E-state index in [1.165, 1.54) is 6.08 Å². The average Bonchev–Trinajstić information content (AvgIpc) is 2.72. The van der Waals surface area contributed by atoms with E-state index in [4.69, 9.17) is 14.7 Å². The summed E-state index contributed by atoms with van der Waals surface area (Å²) in [5, 5.41) is 20.4. The van der Waals surface area contributed by atoms with E-state index in [9.17, 15) is 14.9 Å². The maximum Gasteiger partial charge on any atom is 0.349 e. The van der Waals surface area contributed by atoms with E-state index < -0.39 is 18.5 Å². The molecule has 0 saturated carbocycles. The van der Waals surface area contributed by atoms with Gasteiger partial charge in [-0.2, -0.15) is 10.5 Å². The first-order valence-corrected chi connectivity index (χ1v) is 8.37. The van der Waals surface area contributed by atoms with Gasteiger partial charge < -0.3 is 14.8 Å². The van der Waals surface area contributed by atoms with Crippen LogP contribution in [0.3, 0.4) is 0 Å². The first-order chi connectivity index (χ1) is 13.5. The maximum atomic E-state index is 12.0. The second kappa shape index (κ2) is 10.1. The number of esters is 1. The van der Waals surface area contributed by atoms with Crippen LogP contribution in [0.5, 0.6) is 5.75 Å². The van der Waals surface area contributed by atoms with Gasteiger partial charge in [-0.25, -0.2) is 4.79 Å². The van der Waals surface area contributed by atoms with Crippen LogP contribution in [0.25, 0.3) is 6.08 Å². The molecule has 2 rings (SSSR count). The quantitative estimate of drug-likeness (QED) is 0.452. The lowest BCUT2D eigenvalue weighted by Crippen LogP contribution is -2.21. The van der Waals surface area contributed by atoms with Crippen molar-refractivity contribution in [2.45, 2.75) is 6.92 Å². The zero-order valence-corrected chi connectivity index (χ0v) is 15.1. The molecule has 0 atom stereocenters. The van der Waals surface area contributed by atoms with Crippen molar-refractivity contribution in [3.8, 4) is 17.9 Å². The number of nitrogens with one attached hydrogen (secondary N) is 1. The van der Waals surface area contributed by atoms with E-state index in [-0.39, 0.29) is 5.57 Å². The van der Waals surface area contributed by atoms with Crippen molar-refractivity contribution < 1.29 is 19.1 Å².